The number of amides is 1. The summed E-state index contributed by atoms with van der Waals surface area (Å²) in [7, 11) is 0. The van der Waals surface area contributed by atoms with E-state index in [1.165, 1.54) is 0 Å². The molecule has 0 radical (unpaired) electrons. The third-order valence-corrected chi connectivity index (χ3v) is 3.52. The predicted molar refractivity (Wildman–Crippen MR) is 75.2 cm³/mol. The highest BCUT2D eigenvalue weighted by Crippen LogP contribution is 2.11. The minimum atomic E-state index is -0.312. The summed E-state index contributed by atoms with van der Waals surface area (Å²) in [6, 6.07) is 0.0722. The first kappa shape index (κ1) is 16.3. The number of carbonyl (C=O) groups is 1. The third-order valence-electron chi connectivity index (χ3n) is 2.19. The molecule has 0 saturated carbocycles. The van der Waals surface area contributed by atoms with Crippen LogP contribution >= 0.6 is 36.9 Å². The van der Waals surface area contributed by atoms with E-state index in [9.17, 15) is 4.79 Å². The molecule has 1 amide bonds. The molecule has 0 rings (SSSR count). The summed E-state index contributed by atoms with van der Waals surface area (Å²) < 4.78 is 5.13. The molecule has 0 aromatic rings. The van der Waals surface area contributed by atoms with Gasteiger partial charge < -0.3 is 9.64 Å². The highest BCUT2D eigenvalue weighted by Gasteiger charge is 2.25. The number of carbonyl (C=O) groups excluding carboxylic acids is 1. The van der Waals surface area contributed by atoms with Crippen LogP contribution in [-0.2, 0) is 4.74 Å². The second-order valence-corrected chi connectivity index (χ2v) is 4.74. The van der Waals surface area contributed by atoms with Crippen LogP contribution in [0.4, 0.5) is 4.79 Å². The van der Waals surface area contributed by atoms with Gasteiger partial charge >= 0.3 is 6.09 Å². The Kier molecular flexibility index (Phi) is 9.46. The first-order valence-corrected chi connectivity index (χ1v) is 7.11. The maximum atomic E-state index is 11.8. The predicted octanol–water partition coefficient (Wildman–Crippen LogP) is 2.69. The largest absolute Gasteiger partial charge is 0.449 e. The smallest absolute Gasteiger partial charge is 0.410 e. The minimum Gasteiger partial charge on any atom is -0.449 e. The van der Waals surface area contributed by atoms with Crippen molar-refractivity contribution in [2.45, 2.75) is 32.4 Å². The fourth-order valence-corrected chi connectivity index (χ4v) is 1.72. The first-order valence-electron chi connectivity index (χ1n) is 5.31. The summed E-state index contributed by atoms with van der Waals surface area (Å²) in [5.74, 6) is 1.70. The Morgan fingerprint density at radius 2 is 1.81 bits per heavy atom. The van der Waals surface area contributed by atoms with Crippen LogP contribution in [0, 0.1) is 0 Å². The lowest BCUT2D eigenvalue weighted by atomic mass is 10.2. The lowest BCUT2D eigenvalue weighted by Gasteiger charge is -2.32. The molecule has 16 heavy (non-hydrogen) atoms. The minimum absolute atomic E-state index is 0.0361. The van der Waals surface area contributed by atoms with Crippen LogP contribution in [0.3, 0.4) is 0 Å². The van der Waals surface area contributed by atoms with Gasteiger partial charge in [0.05, 0.1) is 6.61 Å². The molecule has 2 atom stereocenters. The third kappa shape index (κ3) is 5.55. The van der Waals surface area contributed by atoms with Gasteiger partial charge in [-0.3, -0.25) is 0 Å². The number of rotatable bonds is 7. The number of hydrogen-bond donors (Lipinski definition) is 2. The van der Waals surface area contributed by atoms with Crippen molar-refractivity contribution < 1.29 is 9.53 Å². The van der Waals surface area contributed by atoms with Gasteiger partial charge in [-0.15, -0.1) is 11.6 Å². The summed E-state index contributed by atoms with van der Waals surface area (Å²) in [5.41, 5.74) is 0. The van der Waals surface area contributed by atoms with Crippen molar-refractivity contribution in [1.29, 1.82) is 0 Å². The van der Waals surface area contributed by atoms with Crippen LogP contribution in [0.15, 0.2) is 0 Å². The fraction of sp³-hybridized carbons (Fsp3) is 0.900. The van der Waals surface area contributed by atoms with Gasteiger partial charge in [0, 0.05) is 29.5 Å². The summed E-state index contributed by atoms with van der Waals surface area (Å²) in [6.45, 7) is 4.24. The Morgan fingerprint density at radius 1 is 1.31 bits per heavy atom. The maximum absolute atomic E-state index is 11.8. The van der Waals surface area contributed by atoms with Crippen LogP contribution in [0.1, 0.15) is 20.3 Å². The Hall–Kier alpha value is 0.260. The summed E-state index contributed by atoms with van der Waals surface area (Å²) in [5, 5.41) is 0. The topological polar surface area (TPSA) is 29.5 Å². The molecule has 0 aliphatic heterocycles. The lowest BCUT2D eigenvalue weighted by molar-refractivity contribution is 0.0811. The van der Waals surface area contributed by atoms with Gasteiger partial charge in [0.1, 0.15) is 0 Å². The molecule has 0 heterocycles. The quantitative estimate of drug-likeness (QED) is 0.428. The standard InChI is InChI=1S/C10H20ClNO2S2/c1-8(6-15)12(9(2)7-16)10(13)14-5-3-4-11/h8-9,15-16H,3-7H2,1-2H3. The van der Waals surface area contributed by atoms with Crippen molar-refractivity contribution in [2.75, 3.05) is 24.0 Å². The zero-order valence-corrected chi connectivity index (χ0v) is 12.3. The van der Waals surface area contributed by atoms with Gasteiger partial charge in [0.2, 0.25) is 0 Å². The van der Waals surface area contributed by atoms with Crippen molar-refractivity contribution in [2.24, 2.45) is 0 Å². The zero-order valence-electron chi connectivity index (χ0n) is 9.73. The first-order chi connectivity index (χ1) is 7.58. The van der Waals surface area contributed by atoms with E-state index in [0.717, 1.165) is 0 Å². The van der Waals surface area contributed by atoms with Gasteiger partial charge in [0.15, 0.2) is 0 Å². The van der Waals surface area contributed by atoms with Crippen molar-refractivity contribution in [3.8, 4) is 0 Å². The summed E-state index contributed by atoms with van der Waals surface area (Å²) in [4.78, 5) is 13.5. The zero-order chi connectivity index (χ0) is 12.6. The molecule has 0 aromatic heterocycles. The molecule has 0 N–H and O–H groups in total. The molecule has 0 saturated heterocycles. The molecular formula is C10H20ClNO2S2. The van der Waals surface area contributed by atoms with Crippen molar-refractivity contribution in [1.82, 2.24) is 4.90 Å². The van der Waals surface area contributed by atoms with E-state index in [0.29, 0.717) is 30.4 Å². The van der Waals surface area contributed by atoms with Crippen molar-refractivity contribution in [3.05, 3.63) is 0 Å². The average Bonchev–Trinajstić information content (AvgIpc) is 2.29. The van der Waals surface area contributed by atoms with Gasteiger partial charge in [-0.2, -0.15) is 25.3 Å². The molecule has 0 aliphatic rings. The molecule has 2 unspecified atom stereocenters. The van der Waals surface area contributed by atoms with Gasteiger partial charge in [-0.1, -0.05) is 0 Å². The van der Waals surface area contributed by atoms with E-state index in [1.54, 1.807) is 4.90 Å². The van der Waals surface area contributed by atoms with Crippen LogP contribution in [0.5, 0.6) is 0 Å². The Morgan fingerprint density at radius 3 is 2.19 bits per heavy atom. The number of halogens is 1. The van der Waals surface area contributed by atoms with E-state index in [4.69, 9.17) is 16.3 Å². The van der Waals surface area contributed by atoms with Crippen LogP contribution in [0.2, 0.25) is 0 Å². The van der Waals surface area contributed by atoms with E-state index < -0.39 is 0 Å². The lowest BCUT2D eigenvalue weighted by Crippen LogP contribution is -2.46. The molecule has 0 bridgehead atoms. The summed E-state index contributed by atoms with van der Waals surface area (Å²) in [6.07, 6.45) is 0.360. The van der Waals surface area contributed by atoms with Gasteiger partial charge in [-0.05, 0) is 20.3 Å². The maximum Gasteiger partial charge on any atom is 0.410 e. The molecule has 6 heteroatoms. The van der Waals surface area contributed by atoms with Crippen LogP contribution in [-0.4, -0.2) is 47.1 Å². The second-order valence-electron chi connectivity index (χ2n) is 3.63. The number of alkyl halides is 1. The molecule has 0 aliphatic carbocycles. The van der Waals surface area contributed by atoms with E-state index in [-0.39, 0.29) is 18.2 Å². The monoisotopic (exact) mass is 285 g/mol. The van der Waals surface area contributed by atoms with Crippen LogP contribution < -0.4 is 0 Å². The van der Waals surface area contributed by atoms with Gasteiger partial charge in [0.25, 0.3) is 0 Å². The highest BCUT2D eigenvalue weighted by molar-refractivity contribution is 7.80. The Bertz CT molecular complexity index is 197. The summed E-state index contributed by atoms with van der Waals surface area (Å²) >= 11 is 13.9. The molecule has 3 nitrogen and oxygen atoms in total. The molecular weight excluding hydrogens is 266 g/mol. The van der Waals surface area contributed by atoms with E-state index in [1.807, 2.05) is 13.8 Å². The molecule has 0 spiro atoms. The normalized spacial score (nSPS) is 14.3. The number of nitrogens with zero attached hydrogens (tertiary/aromatic N) is 1. The fourth-order valence-electron chi connectivity index (χ4n) is 1.26. The van der Waals surface area contributed by atoms with Crippen LogP contribution in [0.25, 0.3) is 0 Å². The second kappa shape index (κ2) is 9.31. The highest BCUT2D eigenvalue weighted by atomic mass is 35.5. The SMILES string of the molecule is CC(CS)N(C(=O)OCCCCl)C(C)CS. The average molecular weight is 286 g/mol. The Balaban J connectivity index is 4.32. The number of ether oxygens (including phenoxy) is 1. The number of hydrogen-bond acceptors (Lipinski definition) is 4. The molecule has 0 fully saturated rings. The van der Waals surface area contributed by atoms with E-state index in [2.05, 4.69) is 25.3 Å². The van der Waals surface area contributed by atoms with Gasteiger partial charge in [-0.25, -0.2) is 4.79 Å². The van der Waals surface area contributed by atoms with Crippen molar-refractivity contribution in [3.63, 3.8) is 0 Å². The van der Waals surface area contributed by atoms with E-state index >= 15 is 0 Å². The van der Waals surface area contributed by atoms with Crippen molar-refractivity contribution >= 4 is 43.0 Å². The molecule has 0 aromatic carbocycles. The Labute approximate surface area is 114 Å². The molecule has 96 valence electrons. The number of thiol groups is 2.